The summed E-state index contributed by atoms with van der Waals surface area (Å²) in [6.07, 6.45) is 9.81. The van der Waals surface area contributed by atoms with Gasteiger partial charge in [0.1, 0.15) is 30.1 Å². The molecule has 31 heteroatoms. The van der Waals surface area contributed by atoms with Gasteiger partial charge in [0.25, 0.3) is 5.91 Å². The van der Waals surface area contributed by atoms with Gasteiger partial charge in [-0.3, -0.25) is 48.2 Å². The molecule has 0 fully saturated rings. The molecular weight excluding hydrogens is 1580 g/mol. The number of likely N-dealkylation sites (N-methyl/N-ethyl adjacent to an activating group) is 1. The van der Waals surface area contributed by atoms with Crippen molar-refractivity contribution in [2.24, 2.45) is 0 Å². The van der Waals surface area contributed by atoms with Crippen molar-refractivity contribution < 1.29 is 98.0 Å². The first kappa shape index (κ1) is 95.7. The first-order valence-corrected chi connectivity index (χ1v) is 43.0. The first-order valence-electron chi connectivity index (χ1n) is 43.0. The van der Waals surface area contributed by atoms with E-state index in [0.717, 1.165) is 55.1 Å². The van der Waals surface area contributed by atoms with Gasteiger partial charge in [-0.2, -0.15) is 0 Å². The molecule has 9 rings (SSSR count). The van der Waals surface area contributed by atoms with Crippen LogP contribution in [0.1, 0.15) is 221 Å². The van der Waals surface area contributed by atoms with Gasteiger partial charge >= 0.3 is 35.9 Å². The van der Waals surface area contributed by atoms with Crippen LogP contribution in [0, 0.1) is 0 Å². The summed E-state index contributed by atoms with van der Waals surface area (Å²) in [6, 6.07) is 21.4. The lowest BCUT2D eigenvalue weighted by Crippen LogP contribution is -2.51. The van der Waals surface area contributed by atoms with Crippen LogP contribution in [0.25, 0.3) is 11.1 Å². The third-order valence-corrected chi connectivity index (χ3v) is 23.4. The Bertz CT molecular complexity index is 4830. The SMILES string of the molecule is CC[N+]1=c2cc3c(cc2C(C)=CC1(C)C)=C(c1ccccc1C(=O)N(C)CCCC(=O)NCCOCCOCCNC(=O)CCc1ccc(O)c(CN(CCN(CC(=O)O)Cc2cc(CCC(=O)NCCCCCC(=O)NCCCCC(NC(=O)NC(CCC(=O)O)C(=O)O)C(=O)O)ccc2O)CC(=O)O)c1)c1cc2c4c(c1C3(C)C)CCCC4NCC2. The summed E-state index contributed by atoms with van der Waals surface area (Å²) in [4.78, 5) is 141. The number of carbonyl (C=O) groups excluding carboxylic acids is 6. The lowest BCUT2D eigenvalue weighted by atomic mass is 9.63. The summed E-state index contributed by atoms with van der Waals surface area (Å²) in [5.41, 5.74) is 15.0. The Labute approximate surface area is 718 Å². The highest BCUT2D eigenvalue weighted by molar-refractivity contribution is 6.02. The highest BCUT2D eigenvalue weighted by Crippen LogP contribution is 2.49. The molecule has 4 aliphatic rings. The van der Waals surface area contributed by atoms with Gasteiger partial charge in [-0.25, -0.2) is 19.0 Å². The molecule has 0 saturated carbocycles. The molecule has 0 aromatic heterocycles. The van der Waals surface area contributed by atoms with Crippen molar-refractivity contribution in [2.45, 2.75) is 206 Å². The second-order valence-corrected chi connectivity index (χ2v) is 33.4. The molecule has 14 N–H and O–H groups in total. The fourth-order valence-corrected chi connectivity index (χ4v) is 17.3. The maximum atomic E-state index is 14.9. The van der Waals surface area contributed by atoms with Crippen LogP contribution in [-0.2, 0) is 96.8 Å². The maximum absolute atomic E-state index is 14.9. The van der Waals surface area contributed by atoms with Crippen LogP contribution in [0.3, 0.4) is 0 Å². The smallest absolute Gasteiger partial charge is 0.326 e. The van der Waals surface area contributed by atoms with Gasteiger partial charge in [-0.15, -0.1) is 0 Å². The number of aryl methyl sites for hydroxylation is 2. The Balaban J connectivity index is 0.639. The second kappa shape index (κ2) is 45.8. The zero-order valence-electron chi connectivity index (χ0n) is 72.0. The van der Waals surface area contributed by atoms with Crippen molar-refractivity contribution >= 4 is 76.6 Å². The number of ether oxygens (including phenoxy) is 2. The van der Waals surface area contributed by atoms with Crippen molar-refractivity contribution in [3.05, 3.63) is 168 Å². The number of fused-ring (bicyclic) bond motifs is 4. The number of aliphatic carboxylic acids is 5. The average Bonchev–Trinajstić information content (AvgIpc) is 0.692. The van der Waals surface area contributed by atoms with Crippen molar-refractivity contribution in [3.8, 4) is 11.5 Å². The number of unbranched alkanes of at least 4 members (excludes halogenated alkanes) is 3. The largest absolute Gasteiger partial charge is 0.508 e. The summed E-state index contributed by atoms with van der Waals surface area (Å²) in [6.45, 7) is 17.2. The van der Waals surface area contributed by atoms with E-state index < -0.39 is 73.9 Å². The number of phenols is 2. The number of nitrogens with one attached hydrogen (secondary N) is 7. The lowest BCUT2D eigenvalue weighted by Gasteiger charge is -2.42. The monoisotopic (exact) mass is 1700 g/mol. The van der Waals surface area contributed by atoms with Crippen molar-refractivity contribution in [3.63, 3.8) is 0 Å². The van der Waals surface area contributed by atoms with Crippen LogP contribution in [0.5, 0.6) is 11.5 Å². The second-order valence-electron chi connectivity index (χ2n) is 33.4. The number of carboxylic acids is 5. The molecule has 5 aromatic rings. The van der Waals surface area contributed by atoms with Crippen LogP contribution >= 0.6 is 0 Å². The highest BCUT2D eigenvalue weighted by atomic mass is 16.5. The topological polar surface area (TPSA) is 445 Å². The lowest BCUT2D eigenvalue weighted by molar-refractivity contribution is -0.141. The first-order chi connectivity index (χ1) is 58.7. The van der Waals surface area contributed by atoms with Crippen LogP contribution < -0.4 is 52.4 Å². The molecule has 0 saturated heterocycles. The third kappa shape index (κ3) is 27.4. The maximum Gasteiger partial charge on any atom is 0.326 e. The Morgan fingerprint density at radius 1 is 0.577 bits per heavy atom. The van der Waals surface area contributed by atoms with E-state index in [4.69, 9.17) is 14.6 Å². The van der Waals surface area contributed by atoms with Crippen LogP contribution in [0.2, 0.25) is 0 Å². The Morgan fingerprint density at radius 2 is 1.13 bits per heavy atom. The number of hydrogen-bond donors (Lipinski definition) is 14. The molecule has 2 heterocycles. The number of carbonyl (C=O) groups is 11. The number of rotatable bonds is 51. The molecule has 0 bridgehead atoms. The Morgan fingerprint density at radius 3 is 1.70 bits per heavy atom. The van der Waals surface area contributed by atoms with E-state index in [9.17, 15) is 83.4 Å². The number of nitrogens with zero attached hydrogens (tertiary/aromatic N) is 4. The van der Waals surface area contributed by atoms with Crippen LogP contribution in [0.4, 0.5) is 4.79 Å². The highest BCUT2D eigenvalue weighted by Gasteiger charge is 2.43. The number of hydrogen-bond acceptors (Lipinski definition) is 18. The number of allylic oxidation sites excluding steroid dienone is 1. The molecule has 2 aliphatic heterocycles. The van der Waals surface area contributed by atoms with Gasteiger partial charge in [-0.05, 0) is 201 Å². The molecule has 5 aromatic carbocycles. The van der Waals surface area contributed by atoms with Gasteiger partial charge in [-0.1, -0.05) is 68.8 Å². The quantitative estimate of drug-likeness (QED) is 0.0148. The number of aromatic hydroxyl groups is 2. The van der Waals surface area contributed by atoms with Crippen LogP contribution in [-0.4, -0.2) is 239 Å². The fourth-order valence-electron chi connectivity index (χ4n) is 17.3. The van der Waals surface area contributed by atoms with E-state index >= 15 is 0 Å². The molecule has 0 radical (unpaired) electrons. The van der Waals surface area contributed by atoms with E-state index in [1.54, 1.807) is 29.2 Å². The molecule has 0 spiro atoms. The Hall–Kier alpha value is -11.1. The number of urea groups is 1. The molecule has 666 valence electrons. The summed E-state index contributed by atoms with van der Waals surface area (Å²) in [7, 11) is 1.81. The van der Waals surface area contributed by atoms with Gasteiger partial charge in [0, 0.05) is 152 Å². The van der Waals surface area contributed by atoms with Crippen LogP contribution in [0.15, 0.2) is 84.9 Å². The molecule has 7 amide bonds. The minimum Gasteiger partial charge on any atom is -0.508 e. The van der Waals surface area contributed by atoms with Crippen molar-refractivity contribution in [1.82, 2.24) is 56.5 Å². The summed E-state index contributed by atoms with van der Waals surface area (Å²) in [5.74, 6) is -7.57. The summed E-state index contributed by atoms with van der Waals surface area (Å²) in [5, 5.41) is 91.1. The molecule has 31 nitrogen and oxygen atoms in total. The fraction of sp³-hybridized carbons (Fsp3) is 0.522. The van der Waals surface area contributed by atoms with Crippen molar-refractivity contribution in [1.29, 1.82) is 0 Å². The minimum atomic E-state index is -1.53. The van der Waals surface area contributed by atoms with Gasteiger partial charge < -0.3 is 87.3 Å². The molecule has 123 heavy (non-hydrogen) atoms. The van der Waals surface area contributed by atoms with E-state index in [-0.39, 0.29) is 156 Å². The predicted octanol–water partition coefficient (Wildman–Crippen LogP) is 6.40. The Kier molecular flexibility index (Phi) is 35.7. The van der Waals surface area contributed by atoms with E-state index in [2.05, 4.69) is 114 Å². The zero-order chi connectivity index (χ0) is 89.1. The van der Waals surface area contributed by atoms with Gasteiger partial charge in [0.05, 0.1) is 39.5 Å². The number of carboxylic acid groups (broad SMARTS) is 5. The van der Waals surface area contributed by atoms with E-state index in [0.29, 0.717) is 98.3 Å². The van der Waals surface area contributed by atoms with Gasteiger partial charge in [0.15, 0.2) is 5.54 Å². The molecule has 2 aliphatic carbocycles. The zero-order valence-corrected chi connectivity index (χ0v) is 72.0. The van der Waals surface area contributed by atoms with Crippen molar-refractivity contribution in [2.75, 3.05) is 105 Å². The third-order valence-electron chi connectivity index (χ3n) is 23.4. The van der Waals surface area contributed by atoms with E-state index in [1.165, 1.54) is 71.8 Å². The molecule has 3 unspecified atom stereocenters. The average molecular weight is 1700 g/mol. The number of benzene rings is 5. The van der Waals surface area contributed by atoms with Gasteiger partial charge in [0.2, 0.25) is 29.0 Å². The summed E-state index contributed by atoms with van der Waals surface area (Å²) < 4.78 is 13.9. The molecule has 3 atom stereocenters. The predicted molar refractivity (Wildman–Crippen MR) is 461 cm³/mol. The molecular formula is C92H124N11O20+. The summed E-state index contributed by atoms with van der Waals surface area (Å²) >= 11 is 0. The van der Waals surface area contributed by atoms with E-state index in [1.807, 2.05) is 25.2 Å². The standard InChI is InChI=1S/C92H123N11O20/c1-8-103-74-52-70-68(51-67(74)58(2)53-91(103,3)4)85(69-50-61-35-38-93-71-22-16-20-66(84(61)71)86(69)92(70,5)6)64-18-11-12-19-65(64)87(116)100(7)41-17-24-78(107)96-39-44-122-46-47-123-45-40-97-80(109)33-28-60-26-31-76(105)63(49-60)55-102(57-83(114)115)43-42-101(56-82(112)113)54-62-48-59(25-30-75(62)104)27-32-79(108)95-36-14-9-10-23-77(106)94-37-15-13-21-72(88(117)118)98-90(121)99-73(89(119)120)29-34-81(110)111/h11-12,18-19,25-26,30-31,48-53,71-73,93H,8-10,13-17,20-24,27-29,32-47,54-57H2,1-7H3,(H12-,94,95,96,97,98,99,104,105,106,107,108,109,110,111,112,113,114,115,117,118,119,120,121)/p+1. The number of phenolic OH excluding ortho intramolecular Hbond substituents is 2. The minimum absolute atomic E-state index is 0.0174. The normalized spacial score (nSPS) is 15.1. The number of amides is 7.